The quantitative estimate of drug-likeness (QED) is 0.207. The maximum atomic E-state index is 13.8. The van der Waals surface area contributed by atoms with Crippen LogP contribution in [0, 0.1) is 39.9 Å². The van der Waals surface area contributed by atoms with E-state index in [-0.39, 0.29) is 52.8 Å². The first-order valence-corrected chi connectivity index (χ1v) is 18.1. The van der Waals surface area contributed by atoms with Crippen molar-refractivity contribution in [2.45, 2.75) is 150 Å². The minimum atomic E-state index is -0.651. The van der Waals surface area contributed by atoms with Crippen LogP contribution in [0.15, 0.2) is 28.5 Å². The molecule has 1 heterocycles. The van der Waals surface area contributed by atoms with Gasteiger partial charge in [-0.2, -0.15) is 0 Å². The Morgan fingerprint density at radius 1 is 1.02 bits per heavy atom. The Bertz CT molecular complexity index is 1490. The number of fused-ring (bicyclic) bond motifs is 5. The van der Waals surface area contributed by atoms with Gasteiger partial charge in [-0.15, -0.1) is 5.10 Å². The molecule has 1 aromatic heterocycles. The number of hydrogen-bond acceptors (Lipinski definition) is 8. The summed E-state index contributed by atoms with van der Waals surface area (Å²) >= 11 is 0. The lowest BCUT2D eigenvalue weighted by Crippen LogP contribution is -2.72. The van der Waals surface area contributed by atoms with Crippen molar-refractivity contribution in [2.24, 2.45) is 45.7 Å². The van der Waals surface area contributed by atoms with Gasteiger partial charge in [0, 0.05) is 25.0 Å². The van der Waals surface area contributed by atoms with E-state index in [2.05, 4.69) is 51.9 Å². The SMILES string of the molecule is CC(=O)O[C@H]1C[C@@]2(C)[C@@H](C[C@@H](O)[C@@H]3[C@]2(C)CC[C@@]2(n4cc(CN)nn4)[C@H](C)[C@H](O)CC[C@]32C)/C1=C(/C(C)=O)C1CCCC(=C(C)C)C1. The number of nitrogens with two attached hydrogens (primary N) is 1. The highest BCUT2D eigenvalue weighted by Crippen LogP contribution is 2.76. The summed E-state index contributed by atoms with van der Waals surface area (Å²) in [7, 11) is 0. The molecule has 47 heavy (non-hydrogen) atoms. The number of ketones is 1. The van der Waals surface area contributed by atoms with Crippen molar-refractivity contribution in [3.05, 3.63) is 34.2 Å². The molecule has 11 atom stereocenters. The molecule has 1 unspecified atom stereocenters. The molecule has 5 saturated carbocycles. The zero-order valence-corrected chi connectivity index (χ0v) is 29.9. The van der Waals surface area contributed by atoms with Crippen LogP contribution in [-0.2, 0) is 26.4 Å². The number of aliphatic hydroxyl groups is 2. The van der Waals surface area contributed by atoms with Gasteiger partial charge < -0.3 is 20.7 Å². The fourth-order valence-electron chi connectivity index (χ4n) is 12.4. The Morgan fingerprint density at radius 3 is 2.36 bits per heavy atom. The summed E-state index contributed by atoms with van der Waals surface area (Å²) in [4.78, 5) is 26.5. The second kappa shape index (κ2) is 11.9. The van der Waals surface area contributed by atoms with Gasteiger partial charge in [0.1, 0.15) is 6.10 Å². The van der Waals surface area contributed by atoms with Crippen LogP contribution >= 0.6 is 0 Å². The first-order chi connectivity index (χ1) is 22.1. The van der Waals surface area contributed by atoms with Crippen LogP contribution in [0.1, 0.15) is 125 Å². The number of aliphatic hydroxyl groups excluding tert-OH is 2. The molecule has 5 fully saturated rings. The van der Waals surface area contributed by atoms with E-state index in [1.165, 1.54) is 18.1 Å². The number of ether oxygens (including phenoxy) is 1. The first-order valence-electron chi connectivity index (χ1n) is 18.1. The number of hydrogen-bond donors (Lipinski definition) is 3. The van der Waals surface area contributed by atoms with Gasteiger partial charge in [0.2, 0.25) is 0 Å². The molecule has 9 heteroatoms. The lowest BCUT2D eigenvalue weighted by molar-refractivity contribution is -0.264. The van der Waals surface area contributed by atoms with E-state index in [9.17, 15) is 19.8 Å². The van der Waals surface area contributed by atoms with Gasteiger partial charge in [0.15, 0.2) is 5.78 Å². The normalized spacial score (nSPS) is 44.2. The number of carbonyl (C=O) groups is 2. The molecule has 5 aliphatic rings. The molecule has 9 nitrogen and oxygen atoms in total. The molecule has 0 bridgehead atoms. The fourth-order valence-corrected chi connectivity index (χ4v) is 12.4. The van der Waals surface area contributed by atoms with Gasteiger partial charge in [-0.25, -0.2) is 4.68 Å². The Morgan fingerprint density at radius 2 is 1.74 bits per heavy atom. The highest BCUT2D eigenvalue weighted by atomic mass is 16.5. The van der Waals surface area contributed by atoms with Gasteiger partial charge in [-0.05, 0) is 125 Å². The van der Waals surface area contributed by atoms with Crippen LogP contribution in [-0.4, -0.2) is 55.3 Å². The van der Waals surface area contributed by atoms with Gasteiger partial charge >= 0.3 is 5.97 Å². The van der Waals surface area contributed by atoms with Crippen molar-refractivity contribution < 1.29 is 24.5 Å². The number of aromatic nitrogens is 3. The molecule has 4 N–H and O–H groups in total. The number of nitrogens with zero attached hydrogens (tertiary/aromatic N) is 3. The number of rotatable bonds is 5. The summed E-state index contributed by atoms with van der Waals surface area (Å²) in [5, 5.41) is 33.0. The molecule has 6 rings (SSSR count). The maximum Gasteiger partial charge on any atom is 0.303 e. The molecule has 0 radical (unpaired) electrons. The third-order valence-electron chi connectivity index (χ3n) is 14.7. The number of allylic oxidation sites excluding steroid dienone is 3. The number of Topliss-reactive ketones (excluding diaryl/α,β-unsaturated/α-hetero) is 1. The Kier molecular flexibility index (Phi) is 8.74. The lowest BCUT2D eigenvalue weighted by Gasteiger charge is -2.72. The van der Waals surface area contributed by atoms with Gasteiger partial charge in [-0.3, -0.25) is 9.59 Å². The maximum absolute atomic E-state index is 13.8. The standard InChI is InChI=1S/C38H58N4O5/c1-21(2)25-10-9-11-26(16-25)32(23(4)43)33-28-17-30(46)34-35(6,37(28,8)18-31(33)47-24(5)44)14-15-38(42-20-27(19-39)40-41-42)22(3)29(45)12-13-36(34,38)7/h20,22,26,28-31,34,45-46H,9-19,39H2,1-8H3/b33-32+/t22-,26?,28+,29-,30-,31+,34-,35+,36-,37+,38-/m1/s1. The average Bonchev–Trinajstić information content (AvgIpc) is 3.59. The van der Waals surface area contributed by atoms with E-state index in [1.54, 1.807) is 6.92 Å². The van der Waals surface area contributed by atoms with Crippen LogP contribution < -0.4 is 5.73 Å². The third kappa shape index (κ3) is 4.87. The molecule has 0 aromatic carbocycles. The number of carbonyl (C=O) groups excluding carboxylic acids is 2. The van der Waals surface area contributed by atoms with Gasteiger partial charge in [0.05, 0.1) is 29.6 Å². The van der Waals surface area contributed by atoms with Crippen LogP contribution in [0.3, 0.4) is 0 Å². The smallest absolute Gasteiger partial charge is 0.303 e. The van der Waals surface area contributed by atoms with E-state index in [4.69, 9.17) is 10.5 Å². The summed E-state index contributed by atoms with van der Waals surface area (Å²) in [6.07, 6.45) is 8.34. The second-order valence-electron chi connectivity index (χ2n) is 16.9. The van der Waals surface area contributed by atoms with E-state index in [0.29, 0.717) is 25.0 Å². The van der Waals surface area contributed by atoms with Crippen molar-refractivity contribution >= 4 is 11.8 Å². The molecule has 260 valence electrons. The van der Waals surface area contributed by atoms with Crippen molar-refractivity contribution in [2.75, 3.05) is 0 Å². The summed E-state index contributed by atoms with van der Waals surface area (Å²) < 4.78 is 8.18. The van der Waals surface area contributed by atoms with Crippen molar-refractivity contribution in [3.63, 3.8) is 0 Å². The molecule has 0 amide bonds. The predicted molar refractivity (Wildman–Crippen MR) is 180 cm³/mol. The molecular formula is C38H58N4O5. The van der Waals surface area contributed by atoms with Gasteiger partial charge in [0.25, 0.3) is 0 Å². The zero-order valence-electron chi connectivity index (χ0n) is 29.9. The highest BCUT2D eigenvalue weighted by molar-refractivity contribution is 5.95. The highest BCUT2D eigenvalue weighted by Gasteiger charge is 2.75. The first kappa shape index (κ1) is 34.5. The van der Waals surface area contributed by atoms with E-state index in [1.807, 2.05) is 10.9 Å². The second-order valence-corrected chi connectivity index (χ2v) is 16.9. The van der Waals surface area contributed by atoms with Crippen LogP contribution in [0.2, 0.25) is 0 Å². The van der Waals surface area contributed by atoms with E-state index >= 15 is 0 Å². The third-order valence-corrected chi connectivity index (χ3v) is 14.7. The molecular weight excluding hydrogens is 592 g/mol. The number of esters is 1. The fraction of sp³-hybridized carbons (Fsp3) is 0.789. The summed E-state index contributed by atoms with van der Waals surface area (Å²) in [5.74, 6) is -0.489. The Labute approximate surface area is 280 Å². The van der Waals surface area contributed by atoms with Crippen molar-refractivity contribution in [3.8, 4) is 0 Å². The topological polar surface area (TPSA) is 141 Å². The van der Waals surface area contributed by atoms with Gasteiger partial charge in [-0.1, -0.05) is 44.1 Å². The Balaban J connectivity index is 1.51. The zero-order chi connectivity index (χ0) is 34.3. The van der Waals surface area contributed by atoms with E-state index < -0.39 is 29.3 Å². The lowest BCUT2D eigenvalue weighted by atomic mass is 9.34. The summed E-state index contributed by atoms with van der Waals surface area (Å²) in [6, 6.07) is 0. The van der Waals surface area contributed by atoms with Crippen LogP contribution in [0.4, 0.5) is 0 Å². The molecule has 5 aliphatic carbocycles. The molecule has 0 aliphatic heterocycles. The minimum Gasteiger partial charge on any atom is -0.458 e. The largest absolute Gasteiger partial charge is 0.458 e. The molecule has 0 spiro atoms. The minimum absolute atomic E-state index is 0.0646. The summed E-state index contributed by atoms with van der Waals surface area (Å²) in [6.45, 7) is 16.9. The van der Waals surface area contributed by atoms with E-state index in [0.717, 1.165) is 56.1 Å². The van der Waals surface area contributed by atoms with Crippen LogP contribution in [0.5, 0.6) is 0 Å². The van der Waals surface area contributed by atoms with Crippen molar-refractivity contribution in [1.29, 1.82) is 0 Å². The van der Waals surface area contributed by atoms with Crippen LogP contribution in [0.25, 0.3) is 0 Å². The monoisotopic (exact) mass is 650 g/mol. The average molecular weight is 651 g/mol. The summed E-state index contributed by atoms with van der Waals surface area (Å²) in [5.41, 5.74) is 9.64. The molecule has 0 saturated heterocycles. The predicted octanol–water partition coefficient (Wildman–Crippen LogP) is 5.78. The van der Waals surface area contributed by atoms with Crippen molar-refractivity contribution in [1.82, 2.24) is 15.0 Å². The molecule has 1 aromatic rings. The Hall–Kier alpha value is -2.36.